The molecule has 0 N–H and O–H groups in total. The van der Waals surface area contributed by atoms with Gasteiger partial charge in [-0.2, -0.15) is 5.26 Å². The van der Waals surface area contributed by atoms with Crippen LogP contribution in [0.2, 0.25) is 0 Å². The van der Waals surface area contributed by atoms with Gasteiger partial charge in [-0.05, 0) is 30.7 Å². The summed E-state index contributed by atoms with van der Waals surface area (Å²) in [7, 11) is 0. The molecule has 0 radical (unpaired) electrons. The van der Waals surface area contributed by atoms with Gasteiger partial charge < -0.3 is 0 Å². The fraction of sp³-hybridized carbons (Fsp3) is 0.417. The van der Waals surface area contributed by atoms with Crippen LogP contribution in [-0.4, -0.2) is 0 Å². The van der Waals surface area contributed by atoms with Crippen molar-refractivity contribution in [3.8, 4) is 6.07 Å². The molecule has 1 rings (SSSR count). The summed E-state index contributed by atoms with van der Waals surface area (Å²) in [5.41, 5.74) is 1.15. The Morgan fingerprint density at radius 1 is 1.07 bits per heavy atom. The highest BCUT2D eigenvalue weighted by atomic mass is 19.1. The lowest BCUT2D eigenvalue weighted by atomic mass is 10.1. The molecule has 1 aromatic rings. The zero-order valence-corrected chi connectivity index (χ0v) is 9.56. The van der Waals surface area contributed by atoms with Crippen LogP contribution in [0.15, 0.2) is 18.2 Å². The van der Waals surface area contributed by atoms with Crippen LogP contribution in [0.3, 0.4) is 0 Å². The monoisotopic (exact) mass is 195 g/mol. The third-order valence-electron chi connectivity index (χ3n) is 1.17. The number of halogens is 1. The second kappa shape index (κ2) is 9.73. The Kier molecular flexibility index (Phi) is 10.5. The fourth-order valence-electron chi connectivity index (χ4n) is 0.801. The van der Waals surface area contributed by atoms with Gasteiger partial charge in [-0.3, -0.25) is 0 Å². The van der Waals surface area contributed by atoms with Crippen LogP contribution in [-0.2, 0) is 0 Å². The first-order valence-corrected chi connectivity index (χ1v) is 4.89. The molecule has 0 spiro atoms. The highest BCUT2D eigenvalue weighted by Gasteiger charge is 1.94. The van der Waals surface area contributed by atoms with E-state index in [0.29, 0.717) is 5.56 Å². The summed E-state index contributed by atoms with van der Waals surface area (Å²) in [6, 6.07) is 6.12. The molecule has 0 aliphatic carbocycles. The average molecular weight is 195 g/mol. The first-order chi connectivity index (χ1) is 6.72. The Morgan fingerprint density at radius 3 is 1.93 bits per heavy atom. The minimum atomic E-state index is -0.350. The molecule has 0 aromatic heterocycles. The standard InChI is InChI=1S/C8H6FN.2C2H6/c1-6-2-7(5-10)4-8(9)3-6;2*1-2/h2-4H,1H3;2*1-2H3. The second-order valence-electron chi connectivity index (χ2n) is 2.13. The normalized spacial score (nSPS) is 7.21. The molecule has 0 bridgehead atoms. The van der Waals surface area contributed by atoms with Crippen molar-refractivity contribution in [3.05, 3.63) is 35.1 Å². The molecule has 1 aromatic carbocycles. The second-order valence-corrected chi connectivity index (χ2v) is 2.13. The van der Waals surface area contributed by atoms with Crippen molar-refractivity contribution < 1.29 is 4.39 Å². The molecule has 0 atom stereocenters. The number of hydrogen-bond donors (Lipinski definition) is 0. The number of nitrogens with zero attached hydrogens (tertiary/aromatic N) is 1. The van der Waals surface area contributed by atoms with E-state index < -0.39 is 0 Å². The highest BCUT2D eigenvalue weighted by Crippen LogP contribution is 2.06. The van der Waals surface area contributed by atoms with E-state index >= 15 is 0 Å². The molecule has 0 heterocycles. The van der Waals surface area contributed by atoms with Gasteiger partial charge in [0.05, 0.1) is 11.6 Å². The molecular weight excluding hydrogens is 177 g/mol. The molecular formula is C12H18FN. The zero-order chi connectivity index (χ0) is 11.6. The van der Waals surface area contributed by atoms with Gasteiger partial charge in [0.1, 0.15) is 5.82 Å². The zero-order valence-electron chi connectivity index (χ0n) is 9.56. The molecule has 0 saturated heterocycles. The lowest BCUT2D eigenvalue weighted by Crippen LogP contribution is -1.80. The van der Waals surface area contributed by atoms with Gasteiger partial charge in [-0.15, -0.1) is 0 Å². The van der Waals surface area contributed by atoms with E-state index in [1.54, 1.807) is 13.0 Å². The van der Waals surface area contributed by atoms with Gasteiger partial charge in [0.15, 0.2) is 0 Å². The van der Waals surface area contributed by atoms with Gasteiger partial charge in [0.2, 0.25) is 0 Å². The van der Waals surface area contributed by atoms with Gasteiger partial charge >= 0.3 is 0 Å². The Bertz CT molecular complexity index is 267. The molecule has 0 saturated carbocycles. The molecule has 0 unspecified atom stereocenters. The van der Waals surface area contributed by atoms with Crippen LogP contribution in [0.1, 0.15) is 38.8 Å². The average Bonchev–Trinajstić information content (AvgIpc) is 2.22. The molecule has 78 valence electrons. The third kappa shape index (κ3) is 6.19. The number of aryl methyl sites for hydroxylation is 1. The van der Waals surface area contributed by atoms with Gasteiger partial charge in [-0.25, -0.2) is 4.39 Å². The van der Waals surface area contributed by atoms with Gasteiger partial charge in [-0.1, -0.05) is 27.7 Å². The van der Waals surface area contributed by atoms with Crippen LogP contribution < -0.4 is 0 Å². The molecule has 0 aliphatic heterocycles. The van der Waals surface area contributed by atoms with Crippen molar-refractivity contribution in [2.24, 2.45) is 0 Å². The maximum absolute atomic E-state index is 12.5. The molecule has 2 heteroatoms. The minimum absolute atomic E-state index is 0.350. The van der Waals surface area contributed by atoms with E-state index in [-0.39, 0.29) is 5.82 Å². The van der Waals surface area contributed by atoms with Crippen LogP contribution in [0, 0.1) is 24.1 Å². The summed E-state index contributed by atoms with van der Waals surface area (Å²) < 4.78 is 12.5. The van der Waals surface area contributed by atoms with E-state index in [1.165, 1.54) is 12.1 Å². The smallest absolute Gasteiger partial charge is 0.124 e. The summed E-state index contributed by atoms with van der Waals surface area (Å²) in [6.45, 7) is 9.75. The molecule has 14 heavy (non-hydrogen) atoms. The maximum atomic E-state index is 12.5. The number of benzene rings is 1. The Hall–Kier alpha value is -1.36. The van der Waals surface area contributed by atoms with Crippen molar-refractivity contribution in [2.45, 2.75) is 34.6 Å². The maximum Gasteiger partial charge on any atom is 0.124 e. The predicted octanol–water partition coefficient (Wildman–Crippen LogP) is 4.06. The quantitative estimate of drug-likeness (QED) is 0.612. The first kappa shape index (κ1) is 15.1. The molecule has 0 fully saturated rings. The van der Waals surface area contributed by atoms with Gasteiger partial charge in [0, 0.05) is 0 Å². The van der Waals surface area contributed by atoms with E-state index in [2.05, 4.69) is 0 Å². The van der Waals surface area contributed by atoms with Crippen molar-refractivity contribution in [2.75, 3.05) is 0 Å². The van der Waals surface area contributed by atoms with Crippen molar-refractivity contribution in [3.63, 3.8) is 0 Å². The Labute approximate surface area is 86.2 Å². The van der Waals surface area contributed by atoms with Gasteiger partial charge in [0.25, 0.3) is 0 Å². The highest BCUT2D eigenvalue weighted by molar-refractivity contribution is 5.32. The third-order valence-corrected chi connectivity index (χ3v) is 1.17. The minimum Gasteiger partial charge on any atom is -0.207 e. The molecule has 0 aliphatic rings. The van der Waals surface area contributed by atoms with E-state index in [0.717, 1.165) is 5.56 Å². The fourth-order valence-corrected chi connectivity index (χ4v) is 0.801. The lowest BCUT2D eigenvalue weighted by Gasteiger charge is -1.92. The van der Waals surface area contributed by atoms with Crippen molar-refractivity contribution in [1.29, 1.82) is 5.26 Å². The predicted molar refractivity (Wildman–Crippen MR) is 58.5 cm³/mol. The van der Waals surface area contributed by atoms with E-state index in [4.69, 9.17) is 5.26 Å². The van der Waals surface area contributed by atoms with Crippen molar-refractivity contribution >= 4 is 0 Å². The first-order valence-electron chi connectivity index (χ1n) is 4.89. The topological polar surface area (TPSA) is 23.8 Å². The summed E-state index contributed by atoms with van der Waals surface area (Å²) in [6.07, 6.45) is 0. The van der Waals surface area contributed by atoms with Crippen molar-refractivity contribution in [1.82, 2.24) is 0 Å². The largest absolute Gasteiger partial charge is 0.207 e. The summed E-state index contributed by atoms with van der Waals surface area (Å²) in [5.74, 6) is -0.350. The number of nitriles is 1. The van der Waals surface area contributed by atoms with Crippen LogP contribution in [0.4, 0.5) is 4.39 Å². The lowest BCUT2D eigenvalue weighted by molar-refractivity contribution is 0.626. The summed E-state index contributed by atoms with van der Waals surface area (Å²) in [5, 5.41) is 8.37. The summed E-state index contributed by atoms with van der Waals surface area (Å²) in [4.78, 5) is 0. The van der Waals surface area contributed by atoms with E-state index in [9.17, 15) is 4.39 Å². The van der Waals surface area contributed by atoms with Crippen LogP contribution in [0.25, 0.3) is 0 Å². The van der Waals surface area contributed by atoms with Crippen LogP contribution >= 0.6 is 0 Å². The Morgan fingerprint density at radius 2 is 1.57 bits per heavy atom. The summed E-state index contributed by atoms with van der Waals surface area (Å²) >= 11 is 0. The molecule has 0 amide bonds. The number of rotatable bonds is 0. The number of hydrogen-bond acceptors (Lipinski definition) is 1. The SMILES string of the molecule is CC.CC.Cc1cc(F)cc(C#N)c1. The Balaban J connectivity index is 0. The van der Waals surface area contributed by atoms with Crippen LogP contribution in [0.5, 0.6) is 0 Å². The molecule has 1 nitrogen and oxygen atoms in total. The van der Waals surface area contributed by atoms with E-state index in [1.807, 2.05) is 33.8 Å².